The topological polar surface area (TPSA) is 58.0 Å². The van der Waals surface area contributed by atoms with Crippen LogP contribution >= 0.6 is 0 Å². The zero-order valence-electron chi connectivity index (χ0n) is 8.32. The van der Waals surface area contributed by atoms with E-state index in [2.05, 4.69) is 15.3 Å². The Bertz CT molecular complexity index is 317. The van der Waals surface area contributed by atoms with Crippen LogP contribution in [-0.2, 0) is 0 Å². The summed E-state index contributed by atoms with van der Waals surface area (Å²) in [5.74, 6) is 0.624. The Balaban J connectivity index is 2.09. The van der Waals surface area contributed by atoms with Crippen LogP contribution in [0.1, 0.15) is 25.0 Å². The van der Waals surface area contributed by atoms with Crippen LogP contribution in [0.15, 0.2) is 12.3 Å². The molecule has 0 bridgehead atoms. The van der Waals surface area contributed by atoms with Gasteiger partial charge in [-0.25, -0.2) is 9.97 Å². The van der Waals surface area contributed by atoms with Crippen molar-refractivity contribution in [3.8, 4) is 0 Å². The van der Waals surface area contributed by atoms with Gasteiger partial charge in [-0.15, -0.1) is 0 Å². The van der Waals surface area contributed by atoms with Gasteiger partial charge in [-0.3, -0.25) is 0 Å². The van der Waals surface area contributed by atoms with E-state index >= 15 is 0 Å². The Morgan fingerprint density at radius 1 is 1.57 bits per heavy atom. The third kappa shape index (κ3) is 1.70. The maximum atomic E-state index is 9.25. The summed E-state index contributed by atoms with van der Waals surface area (Å²) in [6.07, 6.45) is 4.90. The van der Waals surface area contributed by atoms with Gasteiger partial charge < -0.3 is 10.4 Å². The number of aromatic nitrogens is 2. The lowest BCUT2D eigenvalue weighted by Gasteiger charge is -2.40. The molecule has 0 saturated heterocycles. The summed E-state index contributed by atoms with van der Waals surface area (Å²) in [4.78, 5) is 8.38. The molecule has 0 aliphatic heterocycles. The van der Waals surface area contributed by atoms with Gasteiger partial charge in [-0.2, -0.15) is 0 Å². The van der Waals surface area contributed by atoms with E-state index in [0.29, 0.717) is 5.95 Å². The average molecular weight is 193 g/mol. The molecule has 0 aromatic carbocycles. The predicted molar refractivity (Wildman–Crippen MR) is 54.1 cm³/mol. The summed E-state index contributed by atoms with van der Waals surface area (Å²) in [7, 11) is 0. The minimum Gasteiger partial charge on any atom is -0.394 e. The standard InChI is InChI=1S/C10H15N3O/c1-8-3-6-11-9(12-8)13-10(7-14)4-2-5-10/h3,6,14H,2,4-5,7H2,1H3,(H,11,12,13). The molecule has 1 aliphatic carbocycles. The lowest BCUT2D eigenvalue weighted by molar-refractivity contribution is 0.143. The molecule has 1 heterocycles. The second-order valence-electron chi connectivity index (χ2n) is 3.94. The smallest absolute Gasteiger partial charge is 0.223 e. The highest BCUT2D eigenvalue weighted by atomic mass is 16.3. The molecule has 0 atom stereocenters. The van der Waals surface area contributed by atoms with Crippen LogP contribution in [0.4, 0.5) is 5.95 Å². The van der Waals surface area contributed by atoms with E-state index < -0.39 is 0 Å². The van der Waals surface area contributed by atoms with Crippen molar-refractivity contribution in [1.82, 2.24) is 9.97 Å². The first-order valence-electron chi connectivity index (χ1n) is 4.93. The zero-order valence-corrected chi connectivity index (χ0v) is 8.32. The molecule has 1 saturated carbocycles. The van der Waals surface area contributed by atoms with Crippen molar-refractivity contribution in [3.63, 3.8) is 0 Å². The van der Waals surface area contributed by atoms with Gasteiger partial charge in [0.1, 0.15) is 0 Å². The second-order valence-corrected chi connectivity index (χ2v) is 3.94. The Labute approximate surface area is 83.4 Å². The van der Waals surface area contributed by atoms with Gasteiger partial charge in [0.25, 0.3) is 0 Å². The minimum absolute atomic E-state index is 0.157. The molecule has 0 radical (unpaired) electrons. The minimum atomic E-state index is -0.159. The Morgan fingerprint density at radius 2 is 2.36 bits per heavy atom. The molecule has 1 fully saturated rings. The third-order valence-electron chi connectivity index (χ3n) is 2.79. The Kier molecular flexibility index (Phi) is 2.37. The highest BCUT2D eigenvalue weighted by molar-refractivity contribution is 5.31. The summed E-state index contributed by atoms with van der Waals surface area (Å²) < 4.78 is 0. The number of hydrogen-bond acceptors (Lipinski definition) is 4. The molecule has 2 N–H and O–H groups in total. The number of rotatable bonds is 3. The van der Waals surface area contributed by atoms with Gasteiger partial charge in [0.05, 0.1) is 12.1 Å². The van der Waals surface area contributed by atoms with Crippen LogP contribution in [0, 0.1) is 6.92 Å². The van der Waals surface area contributed by atoms with E-state index in [9.17, 15) is 5.11 Å². The lowest BCUT2D eigenvalue weighted by Crippen LogP contribution is -2.48. The molecule has 0 amide bonds. The van der Waals surface area contributed by atoms with Gasteiger partial charge in [0.2, 0.25) is 5.95 Å². The van der Waals surface area contributed by atoms with E-state index in [1.54, 1.807) is 6.20 Å². The molecular weight excluding hydrogens is 178 g/mol. The first-order valence-corrected chi connectivity index (χ1v) is 4.93. The average Bonchev–Trinajstić information content (AvgIpc) is 2.11. The molecule has 14 heavy (non-hydrogen) atoms. The first-order chi connectivity index (χ1) is 6.74. The number of aryl methyl sites for hydroxylation is 1. The van der Waals surface area contributed by atoms with Crippen LogP contribution in [0.5, 0.6) is 0 Å². The van der Waals surface area contributed by atoms with Crippen LogP contribution in [-0.4, -0.2) is 27.2 Å². The molecule has 4 heteroatoms. The SMILES string of the molecule is Cc1ccnc(NC2(CO)CCC2)n1. The predicted octanol–water partition coefficient (Wildman–Crippen LogP) is 1.11. The van der Waals surface area contributed by atoms with Gasteiger partial charge in [0, 0.05) is 11.9 Å². The van der Waals surface area contributed by atoms with E-state index in [1.165, 1.54) is 6.42 Å². The number of aliphatic hydroxyl groups excluding tert-OH is 1. The van der Waals surface area contributed by atoms with E-state index in [0.717, 1.165) is 18.5 Å². The molecule has 2 rings (SSSR count). The lowest BCUT2D eigenvalue weighted by atomic mass is 9.77. The van der Waals surface area contributed by atoms with Gasteiger partial charge in [0.15, 0.2) is 0 Å². The van der Waals surface area contributed by atoms with Crippen LogP contribution in [0.2, 0.25) is 0 Å². The van der Waals surface area contributed by atoms with Crippen LogP contribution in [0.3, 0.4) is 0 Å². The molecule has 0 unspecified atom stereocenters. The fraction of sp³-hybridized carbons (Fsp3) is 0.600. The van der Waals surface area contributed by atoms with Crippen LogP contribution < -0.4 is 5.32 Å². The highest BCUT2D eigenvalue weighted by Gasteiger charge is 2.36. The Hall–Kier alpha value is -1.16. The van der Waals surface area contributed by atoms with Crippen LogP contribution in [0.25, 0.3) is 0 Å². The molecule has 0 spiro atoms. The van der Waals surface area contributed by atoms with Gasteiger partial charge in [-0.1, -0.05) is 0 Å². The van der Waals surface area contributed by atoms with Crippen molar-refractivity contribution in [1.29, 1.82) is 0 Å². The fourth-order valence-corrected chi connectivity index (χ4v) is 1.67. The molecule has 1 aromatic rings. The third-order valence-corrected chi connectivity index (χ3v) is 2.79. The van der Waals surface area contributed by atoms with E-state index in [-0.39, 0.29) is 12.1 Å². The Morgan fingerprint density at radius 3 is 2.86 bits per heavy atom. The molecule has 4 nitrogen and oxygen atoms in total. The number of nitrogens with zero attached hydrogens (tertiary/aromatic N) is 2. The monoisotopic (exact) mass is 193 g/mol. The summed E-state index contributed by atoms with van der Waals surface area (Å²) in [5.41, 5.74) is 0.781. The maximum absolute atomic E-state index is 9.25. The largest absolute Gasteiger partial charge is 0.394 e. The van der Waals surface area contributed by atoms with Crippen molar-refractivity contribution >= 4 is 5.95 Å². The van der Waals surface area contributed by atoms with Gasteiger partial charge in [-0.05, 0) is 32.3 Å². The number of hydrogen-bond donors (Lipinski definition) is 2. The van der Waals surface area contributed by atoms with Crippen molar-refractivity contribution in [2.45, 2.75) is 31.7 Å². The van der Waals surface area contributed by atoms with E-state index in [4.69, 9.17) is 0 Å². The molecule has 1 aromatic heterocycles. The van der Waals surface area contributed by atoms with Crippen molar-refractivity contribution in [3.05, 3.63) is 18.0 Å². The van der Waals surface area contributed by atoms with Crippen molar-refractivity contribution in [2.24, 2.45) is 0 Å². The number of aliphatic hydroxyl groups is 1. The van der Waals surface area contributed by atoms with Crippen molar-refractivity contribution in [2.75, 3.05) is 11.9 Å². The highest BCUT2D eigenvalue weighted by Crippen LogP contribution is 2.33. The second kappa shape index (κ2) is 3.53. The normalized spacial score (nSPS) is 18.7. The molecular formula is C10H15N3O. The van der Waals surface area contributed by atoms with E-state index in [1.807, 2.05) is 13.0 Å². The maximum Gasteiger partial charge on any atom is 0.223 e. The summed E-state index contributed by atoms with van der Waals surface area (Å²) in [6, 6.07) is 1.86. The quantitative estimate of drug-likeness (QED) is 0.755. The summed E-state index contributed by atoms with van der Waals surface area (Å²) in [6.45, 7) is 2.09. The zero-order chi connectivity index (χ0) is 10.0. The molecule has 76 valence electrons. The van der Waals surface area contributed by atoms with Gasteiger partial charge >= 0.3 is 0 Å². The number of nitrogens with one attached hydrogen (secondary N) is 1. The number of anilines is 1. The van der Waals surface area contributed by atoms with Crippen molar-refractivity contribution < 1.29 is 5.11 Å². The summed E-state index contributed by atoms with van der Waals surface area (Å²) in [5, 5.41) is 12.5. The first kappa shape index (κ1) is 9.40. The fourth-order valence-electron chi connectivity index (χ4n) is 1.67. The summed E-state index contributed by atoms with van der Waals surface area (Å²) >= 11 is 0. The molecule has 1 aliphatic rings.